The first-order valence-electron chi connectivity index (χ1n) is 5.62. The van der Waals surface area contributed by atoms with Crippen molar-refractivity contribution < 1.29 is 0 Å². The van der Waals surface area contributed by atoms with Gasteiger partial charge in [-0.15, -0.1) is 10.2 Å². The zero-order valence-electron chi connectivity index (χ0n) is 10.1. The SMILES string of the molecule is CSc1nnc2n(C(C)C)c3ccccc3n12. The highest BCUT2D eigenvalue weighted by Gasteiger charge is 2.17. The van der Waals surface area contributed by atoms with Gasteiger partial charge in [-0.05, 0) is 32.2 Å². The summed E-state index contributed by atoms with van der Waals surface area (Å²) in [7, 11) is 0. The Morgan fingerprint density at radius 3 is 2.47 bits per heavy atom. The number of rotatable bonds is 2. The lowest BCUT2D eigenvalue weighted by atomic mass is 10.3. The highest BCUT2D eigenvalue weighted by atomic mass is 32.2. The third-order valence-electron chi connectivity index (χ3n) is 2.91. The van der Waals surface area contributed by atoms with Crippen molar-refractivity contribution in [3.8, 4) is 0 Å². The predicted octanol–water partition coefficient (Wildman–Crippen LogP) is 2.99. The Labute approximate surface area is 104 Å². The van der Waals surface area contributed by atoms with E-state index in [2.05, 4.69) is 57.3 Å². The van der Waals surface area contributed by atoms with Gasteiger partial charge in [-0.1, -0.05) is 23.9 Å². The van der Waals surface area contributed by atoms with Crippen LogP contribution in [0.5, 0.6) is 0 Å². The van der Waals surface area contributed by atoms with Crippen molar-refractivity contribution in [1.82, 2.24) is 19.2 Å². The summed E-state index contributed by atoms with van der Waals surface area (Å²) in [6.07, 6.45) is 2.03. The van der Waals surface area contributed by atoms with E-state index < -0.39 is 0 Å². The number of aromatic nitrogens is 4. The molecule has 0 aliphatic heterocycles. The number of para-hydroxylation sites is 2. The molecular formula is C12H14N4S. The van der Waals surface area contributed by atoms with Crippen LogP contribution in [-0.2, 0) is 0 Å². The molecule has 0 radical (unpaired) electrons. The molecule has 2 heterocycles. The molecule has 5 heteroatoms. The summed E-state index contributed by atoms with van der Waals surface area (Å²) in [5, 5.41) is 9.47. The third kappa shape index (κ3) is 1.38. The normalized spacial score (nSPS) is 12.0. The lowest BCUT2D eigenvalue weighted by Crippen LogP contribution is -2.00. The molecule has 4 nitrogen and oxygen atoms in total. The van der Waals surface area contributed by atoms with Crippen LogP contribution in [0.3, 0.4) is 0 Å². The van der Waals surface area contributed by atoms with Crippen molar-refractivity contribution in [2.24, 2.45) is 0 Å². The smallest absolute Gasteiger partial charge is 0.237 e. The van der Waals surface area contributed by atoms with Crippen molar-refractivity contribution >= 4 is 28.6 Å². The van der Waals surface area contributed by atoms with E-state index in [9.17, 15) is 0 Å². The molecule has 0 atom stereocenters. The molecule has 17 heavy (non-hydrogen) atoms. The van der Waals surface area contributed by atoms with Gasteiger partial charge in [-0.3, -0.25) is 4.40 Å². The van der Waals surface area contributed by atoms with Gasteiger partial charge in [0, 0.05) is 6.04 Å². The standard InChI is InChI=1S/C12H14N4S/c1-8(2)15-9-6-4-5-7-10(9)16-11(15)13-14-12(16)17-3/h4-8H,1-3H3. The summed E-state index contributed by atoms with van der Waals surface area (Å²) in [6.45, 7) is 4.33. The molecule has 0 N–H and O–H groups in total. The number of hydrogen-bond donors (Lipinski definition) is 0. The van der Waals surface area contributed by atoms with E-state index in [1.54, 1.807) is 11.8 Å². The van der Waals surface area contributed by atoms with Crippen LogP contribution in [0.2, 0.25) is 0 Å². The average Bonchev–Trinajstić information content (AvgIpc) is 2.85. The molecular weight excluding hydrogens is 232 g/mol. The van der Waals surface area contributed by atoms with Crippen LogP contribution in [0.15, 0.2) is 29.4 Å². The zero-order valence-corrected chi connectivity index (χ0v) is 10.9. The second-order valence-corrected chi connectivity index (χ2v) is 5.05. The number of imidazole rings is 1. The summed E-state index contributed by atoms with van der Waals surface area (Å²) >= 11 is 1.62. The predicted molar refractivity (Wildman–Crippen MR) is 70.6 cm³/mol. The average molecular weight is 246 g/mol. The van der Waals surface area contributed by atoms with Crippen LogP contribution in [0.4, 0.5) is 0 Å². The fourth-order valence-corrected chi connectivity index (χ4v) is 2.72. The first kappa shape index (κ1) is 10.7. The van der Waals surface area contributed by atoms with E-state index in [-0.39, 0.29) is 0 Å². The van der Waals surface area contributed by atoms with Gasteiger partial charge in [0.25, 0.3) is 0 Å². The number of fused-ring (bicyclic) bond motifs is 3. The highest BCUT2D eigenvalue weighted by molar-refractivity contribution is 7.98. The first-order chi connectivity index (χ1) is 8.24. The molecule has 0 aliphatic carbocycles. The Morgan fingerprint density at radius 2 is 1.82 bits per heavy atom. The van der Waals surface area contributed by atoms with E-state index in [0.29, 0.717) is 6.04 Å². The fraction of sp³-hybridized carbons (Fsp3) is 0.333. The Balaban J connectivity index is 2.54. The maximum absolute atomic E-state index is 4.30. The minimum Gasteiger partial charge on any atom is -0.306 e. The van der Waals surface area contributed by atoms with Gasteiger partial charge >= 0.3 is 0 Å². The molecule has 0 fully saturated rings. The molecule has 3 aromatic rings. The molecule has 0 aliphatic rings. The molecule has 0 spiro atoms. The number of nitrogens with zero attached hydrogens (tertiary/aromatic N) is 4. The molecule has 0 bridgehead atoms. The van der Waals surface area contributed by atoms with Crippen LogP contribution >= 0.6 is 11.8 Å². The first-order valence-corrected chi connectivity index (χ1v) is 6.84. The highest BCUT2D eigenvalue weighted by Crippen LogP contribution is 2.27. The summed E-state index contributed by atoms with van der Waals surface area (Å²) < 4.78 is 4.35. The van der Waals surface area contributed by atoms with Gasteiger partial charge in [-0.25, -0.2) is 0 Å². The van der Waals surface area contributed by atoms with E-state index in [4.69, 9.17) is 0 Å². The van der Waals surface area contributed by atoms with Gasteiger partial charge < -0.3 is 4.57 Å². The van der Waals surface area contributed by atoms with Crippen LogP contribution in [0.1, 0.15) is 19.9 Å². The Bertz CT molecular complexity index is 680. The van der Waals surface area contributed by atoms with Gasteiger partial charge in [-0.2, -0.15) is 0 Å². The van der Waals surface area contributed by atoms with E-state index in [0.717, 1.165) is 10.9 Å². The van der Waals surface area contributed by atoms with Gasteiger partial charge in [0.1, 0.15) is 0 Å². The minimum atomic E-state index is 0.372. The van der Waals surface area contributed by atoms with Crippen molar-refractivity contribution in [3.63, 3.8) is 0 Å². The molecule has 2 aromatic heterocycles. The topological polar surface area (TPSA) is 35.1 Å². The molecule has 0 amide bonds. The summed E-state index contributed by atoms with van der Waals surface area (Å²) in [5.74, 6) is 0.922. The quantitative estimate of drug-likeness (QED) is 0.652. The second kappa shape index (κ2) is 3.77. The maximum atomic E-state index is 4.30. The van der Waals surface area contributed by atoms with Crippen LogP contribution in [-0.4, -0.2) is 25.4 Å². The van der Waals surface area contributed by atoms with Gasteiger partial charge in [0.15, 0.2) is 5.16 Å². The van der Waals surface area contributed by atoms with Crippen LogP contribution in [0, 0.1) is 0 Å². The number of benzene rings is 1. The van der Waals surface area contributed by atoms with Gasteiger partial charge in [0.05, 0.1) is 11.0 Å². The van der Waals surface area contributed by atoms with E-state index >= 15 is 0 Å². The Hall–Kier alpha value is -1.49. The molecule has 0 saturated carbocycles. The zero-order chi connectivity index (χ0) is 12.0. The van der Waals surface area contributed by atoms with E-state index in [1.807, 2.05) is 6.26 Å². The largest absolute Gasteiger partial charge is 0.306 e. The monoisotopic (exact) mass is 246 g/mol. The summed E-state index contributed by atoms with van der Waals surface area (Å²) in [5.41, 5.74) is 2.38. The second-order valence-electron chi connectivity index (χ2n) is 4.27. The van der Waals surface area contributed by atoms with Crippen LogP contribution in [0.25, 0.3) is 16.8 Å². The van der Waals surface area contributed by atoms with Crippen molar-refractivity contribution in [2.75, 3.05) is 6.26 Å². The maximum Gasteiger partial charge on any atom is 0.237 e. The number of thioether (sulfide) groups is 1. The minimum absolute atomic E-state index is 0.372. The molecule has 88 valence electrons. The lowest BCUT2D eigenvalue weighted by molar-refractivity contribution is 0.631. The van der Waals surface area contributed by atoms with Crippen LogP contribution < -0.4 is 0 Å². The van der Waals surface area contributed by atoms with Crippen molar-refractivity contribution in [1.29, 1.82) is 0 Å². The Morgan fingerprint density at radius 1 is 1.12 bits per heavy atom. The lowest BCUT2D eigenvalue weighted by Gasteiger charge is -2.07. The summed E-state index contributed by atoms with van der Waals surface area (Å²) in [4.78, 5) is 0. The number of hydrogen-bond acceptors (Lipinski definition) is 3. The molecule has 1 aromatic carbocycles. The molecule has 0 saturated heterocycles. The van der Waals surface area contributed by atoms with E-state index in [1.165, 1.54) is 11.0 Å². The fourth-order valence-electron chi connectivity index (χ4n) is 2.24. The third-order valence-corrected chi connectivity index (χ3v) is 3.54. The summed E-state index contributed by atoms with van der Waals surface area (Å²) in [6, 6.07) is 8.73. The molecule has 3 rings (SSSR count). The molecule has 0 unspecified atom stereocenters. The Kier molecular flexibility index (Phi) is 2.36. The van der Waals surface area contributed by atoms with Crippen molar-refractivity contribution in [3.05, 3.63) is 24.3 Å². The van der Waals surface area contributed by atoms with Gasteiger partial charge in [0.2, 0.25) is 5.78 Å². The van der Waals surface area contributed by atoms with Crippen molar-refractivity contribution in [2.45, 2.75) is 25.0 Å².